The second-order valence-electron chi connectivity index (χ2n) is 7.72. The summed E-state index contributed by atoms with van der Waals surface area (Å²) in [6.07, 6.45) is 0. The molecule has 3 nitrogen and oxygen atoms in total. The lowest BCUT2D eigenvalue weighted by Gasteiger charge is -2.21. The molecule has 0 aromatic heterocycles. The topological polar surface area (TPSA) is 38.3 Å². The maximum absolute atomic E-state index is 12.2. The first-order valence-corrected chi connectivity index (χ1v) is 8.76. The van der Waals surface area contributed by atoms with Crippen LogP contribution in [-0.4, -0.2) is 12.5 Å². The third-order valence-electron chi connectivity index (χ3n) is 4.36. The summed E-state index contributed by atoms with van der Waals surface area (Å²) in [7, 11) is 0. The summed E-state index contributed by atoms with van der Waals surface area (Å²) in [4.78, 5) is 12.2. The minimum absolute atomic E-state index is 0.0225. The van der Waals surface area contributed by atoms with E-state index in [1.54, 1.807) is 0 Å². The molecular weight excluding hydrogens is 310 g/mol. The molecule has 2 aromatic rings. The maximum Gasteiger partial charge on any atom is 0.258 e. The third kappa shape index (κ3) is 5.35. The van der Waals surface area contributed by atoms with Gasteiger partial charge < -0.3 is 10.1 Å². The summed E-state index contributed by atoms with van der Waals surface area (Å²) in [5.74, 6) is 0.644. The molecule has 0 spiro atoms. The first kappa shape index (κ1) is 19.0. The molecule has 1 N–H and O–H groups in total. The predicted molar refractivity (Wildman–Crippen MR) is 103 cm³/mol. The van der Waals surface area contributed by atoms with Crippen LogP contribution in [0.15, 0.2) is 42.5 Å². The lowest BCUT2D eigenvalue weighted by molar-refractivity contribution is -0.123. The van der Waals surface area contributed by atoms with Gasteiger partial charge in [0.1, 0.15) is 5.75 Å². The molecule has 2 aromatic carbocycles. The quantitative estimate of drug-likeness (QED) is 0.845. The van der Waals surface area contributed by atoms with E-state index in [1.165, 1.54) is 5.56 Å². The van der Waals surface area contributed by atoms with Crippen LogP contribution in [0.5, 0.6) is 5.75 Å². The molecular formula is C22H29NO2. The lowest BCUT2D eigenvalue weighted by atomic mass is 9.86. The minimum Gasteiger partial charge on any atom is -0.483 e. The van der Waals surface area contributed by atoms with Crippen LogP contribution < -0.4 is 10.1 Å². The van der Waals surface area contributed by atoms with Gasteiger partial charge >= 0.3 is 0 Å². The Hall–Kier alpha value is -2.29. The summed E-state index contributed by atoms with van der Waals surface area (Å²) >= 11 is 0. The fourth-order valence-corrected chi connectivity index (χ4v) is 2.64. The average Bonchev–Trinajstić information content (AvgIpc) is 2.55. The number of aryl methyl sites for hydroxylation is 2. The molecule has 3 heteroatoms. The largest absolute Gasteiger partial charge is 0.483 e. The Kier molecular flexibility index (Phi) is 5.89. The zero-order valence-electron chi connectivity index (χ0n) is 16.1. The van der Waals surface area contributed by atoms with Crippen LogP contribution >= 0.6 is 0 Å². The molecule has 0 heterocycles. The Labute approximate surface area is 151 Å². The third-order valence-corrected chi connectivity index (χ3v) is 4.36. The van der Waals surface area contributed by atoms with Gasteiger partial charge in [-0.3, -0.25) is 4.79 Å². The molecule has 0 fully saturated rings. The highest BCUT2D eigenvalue weighted by Gasteiger charge is 2.15. The monoisotopic (exact) mass is 339 g/mol. The van der Waals surface area contributed by atoms with E-state index in [4.69, 9.17) is 4.74 Å². The Morgan fingerprint density at radius 3 is 2.32 bits per heavy atom. The lowest BCUT2D eigenvalue weighted by Crippen LogP contribution is -2.31. The van der Waals surface area contributed by atoms with Crippen molar-refractivity contribution in [1.29, 1.82) is 0 Å². The Morgan fingerprint density at radius 1 is 1.08 bits per heavy atom. The molecule has 0 radical (unpaired) electrons. The van der Waals surface area contributed by atoms with Crippen LogP contribution in [0.3, 0.4) is 0 Å². The van der Waals surface area contributed by atoms with Crippen molar-refractivity contribution in [3.05, 3.63) is 64.7 Å². The van der Waals surface area contributed by atoms with Crippen molar-refractivity contribution in [2.45, 2.75) is 53.0 Å². The number of amides is 1. The highest BCUT2D eigenvalue weighted by molar-refractivity contribution is 5.78. The van der Waals surface area contributed by atoms with Gasteiger partial charge in [0.2, 0.25) is 0 Å². The van der Waals surface area contributed by atoms with Crippen LogP contribution in [0.2, 0.25) is 0 Å². The van der Waals surface area contributed by atoms with Gasteiger partial charge in [-0.15, -0.1) is 0 Å². The number of benzene rings is 2. The first-order valence-electron chi connectivity index (χ1n) is 8.76. The van der Waals surface area contributed by atoms with Crippen LogP contribution in [0.1, 0.15) is 56.0 Å². The Morgan fingerprint density at radius 2 is 1.72 bits per heavy atom. The summed E-state index contributed by atoms with van der Waals surface area (Å²) in [5.41, 5.74) is 4.66. The van der Waals surface area contributed by atoms with Crippen molar-refractivity contribution in [2.24, 2.45) is 0 Å². The van der Waals surface area contributed by atoms with E-state index >= 15 is 0 Å². The van der Waals surface area contributed by atoms with Crippen molar-refractivity contribution in [2.75, 3.05) is 6.61 Å². The van der Waals surface area contributed by atoms with Crippen molar-refractivity contribution in [3.63, 3.8) is 0 Å². The van der Waals surface area contributed by atoms with Gasteiger partial charge in [-0.25, -0.2) is 0 Å². The van der Waals surface area contributed by atoms with E-state index in [0.717, 1.165) is 22.4 Å². The van der Waals surface area contributed by atoms with Gasteiger partial charge in [-0.05, 0) is 54.5 Å². The zero-order chi connectivity index (χ0) is 18.6. The highest BCUT2D eigenvalue weighted by Crippen LogP contribution is 2.24. The zero-order valence-corrected chi connectivity index (χ0v) is 16.1. The van der Waals surface area contributed by atoms with Crippen molar-refractivity contribution >= 4 is 5.91 Å². The summed E-state index contributed by atoms with van der Waals surface area (Å²) in [6, 6.07) is 14.4. The van der Waals surface area contributed by atoms with E-state index < -0.39 is 0 Å². The molecule has 0 saturated carbocycles. The number of hydrogen-bond acceptors (Lipinski definition) is 2. The van der Waals surface area contributed by atoms with Crippen LogP contribution in [0, 0.1) is 13.8 Å². The van der Waals surface area contributed by atoms with E-state index in [2.05, 4.69) is 50.4 Å². The number of rotatable bonds is 5. The number of hydrogen-bond donors (Lipinski definition) is 1. The molecule has 0 unspecified atom stereocenters. The van der Waals surface area contributed by atoms with Crippen LogP contribution in [0.4, 0.5) is 0 Å². The van der Waals surface area contributed by atoms with E-state index in [-0.39, 0.29) is 24.0 Å². The van der Waals surface area contributed by atoms with Crippen molar-refractivity contribution in [1.82, 2.24) is 5.32 Å². The number of carbonyl (C=O) groups excluding carboxylic acids is 1. The van der Waals surface area contributed by atoms with Gasteiger partial charge in [0.15, 0.2) is 6.61 Å². The van der Waals surface area contributed by atoms with Gasteiger partial charge in [0.25, 0.3) is 5.91 Å². The second kappa shape index (κ2) is 7.73. The van der Waals surface area contributed by atoms with Gasteiger partial charge in [-0.1, -0.05) is 57.2 Å². The molecule has 1 amide bonds. The first-order chi connectivity index (χ1) is 11.7. The Bertz CT molecular complexity index is 727. The second-order valence-corrected chi connectivity index (χ2v) is 7.72. The maximum atomic E-state index is 12.2. The molecule has 0 aliphatic carbocycles. The molecule has 0 bridgehead atoms. The van der Waals surface area contributed by atoms with E-state index in [9.17, 15) is 4.79 Å². The van der Waals surface area contributed by atoms with Gasteiger partial charge in [-0.2, -0.15) is 0 Å². The Balaban J connectivity index is 1.92. The SMILES string of the molecule is Cc1ccc(C)c(OCC(=O)N[C@H](C)c2ccc(C(C)(C)C)cc2)c1. The molecule has 2 rings (SSSR count). The fourth-order valence-electron chi connectivity index (χ4n) is 2.64. The smallest absolute Gasteiger partial charge is 0.258 e. The van der Waals surface area contributed by atoms with E-state index in [0.29, 0.717) is 0 Å². The van der Waals surface area contributed by atoms with Crippen LogP contribution in [-0.2, 0) is 10.2 Å². The molecule has 0 aliphatic heterocycles. The molecule has 0 aliphatic rings. The summed E-state index contributed by atoms with van der Waals surface area (Å²) in [5, 5.41) is 2.99. The highest BCUT2D eigenvalue weighted by atomic mass is 16.5. The van der Waals surface area contributed by atoms with Crippen molar-refractivity contribution in [3.8, 4) is 5.75 Å². The number of ether oxygens (including phenoxy) is 1. The number of carbonyl (C=O) groups is 1. The number of nitrogens with one attached hydrogen (secondary N) is 1. The standard InChI is InChI=1S/C22H29NO2/c1-15-7-8-16(2)20(13-15)25-14-21(24)23-17(3)18-9-11-19(12-10-18)22(4,5)6/h7-13,17H,14H2,1-6H3,(H,23,24)/t17-/m1/s1. The molecule has 0 saturated heterocycles. The van der Waals surface area contributed by atoms with Crippen LogP contribution in [0.25, 0.3) is 0 Å². The van der Waals surface area contributed by atoms with Gasteiger partial charge in [0, 0.05) is 0 Å². The normalized spacial score (nSPS) is 12.6. The van der Waals surface area contributed by atoms with E-state index in [1.807, 2.05) is 39.0 Å². The summed E-state index contributed by atoms with van der Waals surface area (Å²) < 4.78 is 5.67. The molecule has 1 atom stereocenters. The minimum atomic E-state index is -0.117. The predicted octanol–water partition coefficient (Wildman–Crippen LogP) is 4.86. The summed E-state index contributed by atoms with van der Waals surface area (Å²) in [6.45, 7) is 12.6. The fraction of sp³-hybridized carbons (Fsp3) is 0.409. The average molecular weight is 339 g/mol. The van der Waals surface area contributed by atoms with Crippen molar-refractivity contribution < 1.29 is 9.53 Å². The van der Waals surface area contributed by atoms with Gasteiger partial charge in [0.05, 0.1) is 6.04 Å². The molecule has 25 heavy (non-hydrogen) atoms. The molecule has 134 valence electrons.